The average molecular weight is 268 g/mol. The minimum atomic E-state index is -0.893. The van der Waals surface area contributed by atoms with E-state index in [4.69, 9.17) is 0 Å². The molecular weight excluding hydrogens is 248 g/mol. The third-order valence-corrected chi connectivity index (χ3v) is 4.50. The lowest BCUT2D eigenvalue weighted by Gasteiger charge is -2.18. The maximum Gasteiger partial charge on any atom is 0.355 e. The molecule has 2 heterocycles. The molecule has 100 valence electrons. The van der Waals surface area contributed by atoms with Crippen LogP contribution in [0, 0.1) is 0 Å². The Labute approximate surface area is 112 Å². The van der Waals surface area contributed by atoms with Crippen LogP contribution in [0.1, 0.15) is 53.0 Å². The molecule has 1 aromatic heterocycles. The summed E-state index contributed by atoms with van der Waals surface area (Å²) >= 11 is 1.55. The highest BCUT2D eigenvalue weighted by molar-refractivity contribution is 7.11. The summed E-state index contributed by atoms with van der Waals surface area (Å²) in [6.07, 6.45) is 5.85. The monoisotopic (exact) mass is 268 g/mol. The van der Waals surface area contributed by atoms with Crippen LogP contribution < -0.4 is 0 Å². The van der Waals surface area contributed by atoms with Crippen LogP contribution in [-0.2, 0) is 13.0 Å². The first-order chi connectivity index (χ1) is 8.70. The SMILES string of the molecule is CCc1nc(C(=O)O)c(CN2CCCCCC2)s1. The topological polar surface area (TPSA) is 53.4 Å². The van der Waals surface area contributed by atoms with Crippen LogP contribution in [-0.4, -0.2) is 34.0 Å². The molecule has 0 bridgehead atoms. The number of aromatic nitrogens is 1. The van der Waals surface area contributed by atoms with Gasteiger partial charge in [0.05, 0.1) is 9.88 Å². The summed E-state index contributed by atoms with van der Waals surface area (Å²) < 4.78 is 0. The van der Waals surface area contributed by atoms with Crippen molar-refractivity contribution in [3.05, 3.63) is 15.6 Å². The van der Waals surface area contributed by atoms with E-state index in [0.29, 0.717) is 0 Å². The second kappa shape index (κ2) is 6.29. The second-order valence-corrected chi connectivity index (χ2v) is 5.90. The number of rotatable bonds is 4. The zero-order valence-corrected chi connectivity index (χ0v) is 11.6. The summed E-state index contributed by atoms with van der Waals surface area (Å²) in [5.41, 5.74) is 0.265. The van der Waals surface area contributed by atoms with Crippen molar-refractivity contribution in [1.29, 1.82) is 0 Å². The Morgan fingerprint density at radius 2 is 2.00 bits per heavy atom. The Morgan fingerprint density at radius 1 is 1.33 bits per heavy atom. The number of aromatic carboxylic acids is 1. The normalized spacial score (nSPS) is 17.6. The number of aryl methyl sites for hydroxylation is 1. The van der Waals surface area contributed by atoms with Crippen LogP contribution >= 0.6 is 11.3 Å². The average Bonchev–Trinajstić information content (AvgIpc) is 2.58. The number of hydrogen-bond acceptors (Lipinski definition) is 4. The molecule has 1 saturated heterocycles. The van der Waals surface area contributed by atoms with Crippen molar-refractivity contribution in [2.45, 2.75) is 45.6 Å². The Hall–Kier alpha value is -0.940. The van der Waals surface area contributed by atoms with Crippen molar-refractivity contribution >= 4 is 17.3 Å². The van der Waals surface area contributed by atoms with E-state index in [1.165, 1.54) is 25.7 Å². The van der Waals surface area contributed by atoms with Crippen molar-refractivity contribution in [2.75, 3.05) is 13.1 Å². The fraction of sp³-hybridized carbons (Fsp3) is 0.692. The van der Waals surface area contributed by atoms with Crippen molar-refractivity contribution < 1.29 is 9.90 Å². The molecule has 0 aliphatic carbocycles. The van der Waals surface area contributed by atoms with Gasteiger partial charge in [0.1, 0.15) is 0 Å². The van der Waals surface area contributed by atoms with Crippen molar-refractivity contribution in [3.8, 4) is 0 Å². The molecule has 1 aliphatic heterocycles. The molecule has 2 rings (SSSR count). The smallest absolute Gasteiger partial charge is 0.355 e. The van der Waals surface area contributed by atoms with Crippen LogP contribution in [0.25, 0.3) is 0 Å². The van der Waals surface area contributed by atoms with Gasteiger partial charge in [-0.05, 0) is 32.4 Å². The summed E-state index contributed by atoms with van der Waals surface area (Å²) in [5.74, 6) is -0.893. The molecule has 1 N–H and O–H groups in total. The molecule has 4 nitrogen and oxygen atoms in total. The number of carbonyl (C=O) groups is 1. The highest BCUT2D eigenvalue weighted by Gasteiger charge is 2.19. The van der Waals surface area contributed by atoms with E-state index in [2.05, 4.69) is 9.88 Å². The highest BCUT2D eigenvalue weighted by Crippen LogP contribution is 2.22. The molecule has 5 heteroatoms. The predicted octanol–water partition coefficient (Wildman–Crippen LogP) is 2.78. The van der Waals surface area contributed by atoms with Gasteiger partial charge in [0.2, 0.25) is 0 Å². The van der Waals surface area contributed by atoms with E-state index in [1.54, 1.807) is 11.3 Å². The molecule has 0 unspecified atom stereocenters. The standard InChI is InChI=1S/C13H20N2O2S/c1-2-11-14-12(13(16)17)10(18-11)9-15-7-5-3-4-6-8-15/h2-9H2,1H3,(H,16,17). The van der Waals surface area contributed by atoms with Crippen molar-refractivity contribution in [3.63, 3.8) is 0 Å². The molecule has 1 fully saturated rings. The van der Waals surface area contributed by atoms with Crippen LogP contribution in [0.4, 0.5) is 0 Å². The van der Waals surface area contributed by atoms with E-state index in [1.807, 2.05) is 6.92 Å². The van der Waals surface area contributed by atoms with E-state index < -0.39 is 5.97 Å². The Morgan fingerprint density at radius 3 is 2.56 bits per heavy atom. The van der Waals surface area contributed by atoms with Crippen molar-refractivity contribution in [1.82, 2.24) is 9.88 Å². The maximum absolute atomic E-state index is 11.2. The van der Waals surface area contributed by atoms with Gasteiger partial charge in [-0.25, -0.2) is 9.78 Å². The van der Waals surface area contributed by atoms with Gasteiger partial charge in [-0.3, -0.25) is 4.90 Å². The minimum absolute atomic E-state index is 0.265. The zero-order valence-electron chi connectivity index (χ0n) is 10.8. The fourth-order valence-electron chi connectivity index (χ4n) is 2.32. The quantitative estimate of drug-likeness (QED) is 0.912. The first-order valence-corrected chi connectivity index (χ1v) is 7.46. The third-order valence-electron chi connectivity index (χ3n) is 3.31. The molecule has 0 saturated carbocycles. The molecule has 18 heavy (non-hydrogen) atoms. The fourth-order valence-corrected chi connectivity index (χ4v) is 3.37. The predicted molar refractivity (Wildman–Crippen MR) is 72.2 cm³/mol. The molecule has 0 atom stereocenters. The molecular formula is C13H20N2O2S. The summed E-state index contributed by atoms with van der Waals surface area (Å²) in [7, 11) is 0. The molecule has 0 amide bonds. The lowest BCUT2D eigenvalue weighted by atomic mass is 10.2. The number of hydrogen-bond donors (Lipinski definition) is 1. The van der Waals surface area contributed by atoms with E-state index >= 15 is 0 Å². The molecule has 1 aromatic rings. The van der Waals surface area contributed by atoms with E-state index in [0.717, 1.165) is 35.9 Å². The van der Waals surface area contributed by atoms with Gasteiger partial charge >= 0.3 is 5.97 Å². The van der Waals surface area contributed by atoms with Crippen molar-refractivity contribution in [2.24, 2.45) is 0 Å². The highest BCUT2D eigenvalue weighted by atomic mass is 32.1. The maximum atomic E-state index is 11.2. The van der Waals surface area contributed by atoms with Crippen LogP contribution in [0.2, 0.25) is 0 Å². The van der Waals surface area contributed by atoms with Crippen LogP contribution in [0.5, 0.6) is 0 Å². The number of carboxylic acid groups (broad SMARTS) is 1. The molecule has 0 radical (unpaired) electrons. The van der Waals surface area contributed by atoms with E-state index in [9.17, 15) is 9.90 Å². The van der Waals surface area contributed by atoms with Gasteiger partial charge < -0.3 is 5.11 Å². The minimum Gasteiger partial charge on any atom is -0.476 e. The number of carboxylic acids is 1. The Bertz CT molecular complexity index is 409. The Kier molecular flexibility index (Phi) is 4.72. The van der Waals surface area contributed by atoms with Gasteiger partial charge in [0, 0.05) is 6.54 Å². The molecule has 1 aliphatic rings. The van der Waals surface area contributed by atoms with Crippen LogP contribution in [0.3, 0.4) is 0 Å². The van der Waals surface area contributed by atoms with Gasteiger partial charge in [-0.1, -0.05) is 19.8 Å². The summed E-state index contributed by atoms with van der Waals surface area (Å²) in [5, 5.41) is 10.1. The largest absolute Gasteiger partial charge is 0.476 e. The number of likely N-dealkylation sites (tertiary alicyclic amines) is 1. The van der Waals surface area contributed by atoms with Gasteiger partial charge in [0.15, 0.2) is 5.69 Å². The summed E-state index contributed by atoms with van der Waals surface area (Å²) in [4.78, 5) is 18.7. The lowest BCUT2D eigenvalue weighted by Crippen LogP contribution is -2.24. The summed E-state index contributed by atoms with van der Waals surface area (Å²) in [6, 6.07) is 0. The first-order valence-electron chi connectivity index (χ1n) is 6.65. The van der Waals surface area contributed by atoms with Gasteiger partial charge in [-0.2, -0.15) is 0 Å². The molecule has 0 spiro atoms. The van der Waals surface area contributed by atoms with Crippen LogP contribution in [0.15, 0.2) is 0 Å². The lowest BCUT2D eigenvalue weighted by molar-refractivity contribution is 0.0689. The van der Waals surface area contributed by atoms with E-state index in [-0.39, 0.29) is 5.69 Å². The second-order valence-electron chi connectivity index (χ2n) is 4.73. The van der Waals surface area contributed by atoms with Gasteiger partial charge in [-0.15, -0.1) is 11.3 Å². The zero-order chi connectivity index (χ0) is 13.0. The third kappa shape index (κ3) is 3.29. The number of thiazole rings is 1. The summed E-state index contributed by atoms with van der Waals surface area (Å²) in [6.45, 7) is 4.93. The number of nitrogens with zero attached hydrogens (tertiary/aromatic N) is 2. The van der Waals surface area contributed by atoms with Gasteiger partial charge in [0.25, 0.3) is 0 Å². The molecule has 0 aromatic carbocycles. The first kappa shape index (κ1) is 13.5. The Balaban J connectivity index is 2.11.